The summed E-state index contributed by atoms with van der Waals surface area (Å²) < 4.78 is 5.05. The van der Waals surface area contributed by atoms with E-state index in [1.807, 2.05) is 0 Å². The molecule has 1 N–H and O–H groups in total. The summed E-state index contributed by atoms with van der Waals surface area (Å²) in [5.74, 6) is 0.668. The van der Waals surface area contributed by atoms with E-state index in [0.29, 0.717) is 17.3 Å². The lowest BCUT2D eigenvalue weighted by Crippen LogP contribution is -2.35. The van der Waals surface area contributed by atoms with E-state index in [-0.39, 0.29) is 0 Å². The number of halogens is 1. The van der Waals surface area contributed by atoms with Crippen LogP contribution >= 0.6 is 11.6 Å². The van der Waals surface area contributed by atoms with Crippen LogP contribution in [-0.2, 0) is 4.74 Å². The minimum Gasteiger partial charge on any atom is -0.383 e. The van der Waals surface area contributed by atoms with Gasteiger partial charge in [-0.1, -0.05) is 6.42 Å². The van der Waals surface area contributed by atoms with Gasteiger partial charge in [-0.15, -0.1) is 11.6 Å². The fourth-order valence-electron chi connectivity index (χ4n) is 1.88. The largest absolute Gasteiger partial charge is 0.383 e. The van der Waals surface area contributed by atoms with Crippen LogP contribution in [0, 0.1) is 5.92 Å². The number of nitrogens with one attached hydrogen (secondary N) is 1. The Morgan fingerprint density at radius 3 is 2.85 bits per heavy atom. The number of methoxy groups -OCH3 is 1. The van der Waals surface area contributed by atoms with Gasteiger partial charge in [0.25, 0.3) is 0 Å². The Morgan fingerprint density at radius 1 is 1.54 bits per heavy atom. The first-order valence-electron chi connectivity index (χ1n) is 5.10. The molecule has 3 heteroatoms. The molecule has 0 bridgehead atoms. The van der Waals surface area contributed by atoms with Crippen molar-refractivity contribution >= 4 is 11.6 Å². The molecule has 78 valence electrons. The molecule has 0 aromatic carbocycles. The van der Waals surface area contributed by atoms with E-state index in [9.17, 15) is 0 Å². The van der Waals surface area contributed by atoms with Gasteiger partial charge in [-0.25, -0.2) is 0 Å². The highest BCUT2D eigenvalue weighted by molar-refractivity contribution is 6.20. The van der Waals surface area contributed by atoms with E-state index < -0.39 is 0 Å². The van der Waals surface area contributed by atoms with Crippen molar-refractivity contribution in [1.82, 2.24) is 5.32 Å². The van der Waals surface area contributed by atoms with Gasteiger partial charge < -0.3 is 10.1 Å². The maximum Gasteiger partial charge on any atom is 0.0613 e. The van der Waals surface area contributed by atoms with Crippen molar-refractivity contribution in [2.45, 2.75) is 37.6 Å². The Morgan fingerprint density at radius 2 is 2.31 bits per heavy atom. The Bertz CT molecular complexity index is 143. The van der Waals surface area contributed by atoms with Crippen molar-refractivity contribution in [2.24, 2.45) is 5.92 Å². The number of rotatable bonds is 5. The highest BCUT2D eigenvalue weighted by Gasteiger charge is 2.24. The zero-order chi connectivity index (χ0) is 9.68. The van der Waals surface area contributed by atoms with Crippen molar-refractivity contribution < 1.29 is 4.74 Å². The predicted molar refractivity (Wildman–Crippen MR) is 56.3 cm³/mol. The molecule has 0 radical (unpaired) electrons. The van der Waals surface area contributed by atoms with Gasteiger partial charge >= 0.3 is 0 Å². The fraction of sp³-hybridized carbons (Fsp3) is 1.00. The normalized spacial score (nSPS) is 30.7. The summed E-state index contributed by atoms with van der Waals surface area (Å²) in [6.45, 7) is 3.96. The Balaban J connectivity index is 2.10. The topological polar surface area (TPSA) is 21.3 Å². The molecule has 2 nitrogen and oxygen atoms in total. The molecule has 13 heavy (non-hydrogen) atoms. The van der Waals surface area contributed by atoms with Gasteiger partial charge in [0.05, 0.1) is 6.61 Å². The van der Waals surface area contributed by atoms with Gasteiger partial charge in [0.2, 0.25) is 0 Å². The molecule has 3 unspecified atom stereocenters. The number of hydrogen-bond acceptors (Lipinski definition) is 2. The molecule has 3 atom stereocenters. The number of ether oxygens (including phenoxy) is 1. The molecule has 0 amide bonds. The van der Waals surface area contributed by atoms with Gasteiger partial charge in [-0.2, -0.15) is 0 Å². The van der Waals surface area contributed by atoms with Crippen LogP contribution in [0.3, 0.4) is 0 Å². The molecule has 1 saturated carbocycles. The summed E-state index contributed by atoms with van der Waals surface area (Å²) in [5, 5.41) is 3.84. The molecule has 0 spiro atoms. The minimum absolute atomic E-state index is 0.391. The maximum absolute atomic E-state index is 6.17. The second-order valence-corrected chi connectivity index (χ2v) is 4.53. The molecule has 0 aliphatic heterocycles. The van der Waals surface area contributed by atoms with Crippen LogP contribution in [0.25, 0.3) is 0 Å². The Labute approximate surface area is 86.0 Å². The quantitative estimate of drug-likeness (QED) is 0.694. The summed E-state index contributed by atoms with van der Waals surface area (Å²) in [7, 11) is 1.73. The van der Waals surface area contributed by atoms with Crippen molar-refractivity contribution in [3.05, 3.63) is 0 Å². The molecule has 1 rings (SSSR count). The first kappa shape index (κ1) is 11.3. The Hall–Kier alpha value is 0.210. The third-order valence-electron chi connectivity index (χ3n) is 2.71. The SMILES string of the molecule is COCC(C)NCC1CCCC1Cl. The van der Waals surface area contributed by atoms with Crippen LogP contribution in [0.5, 0.6) is 0 Å². The van der Waals surface area contributed by atoms with Crippen LogP contribution in [0.15, 0.2) is 0 Å². The number of hydrogen-bond donors (Lipinski definition) is 1. The van der Waals surface area contributed by atoms with E-state index >= 15 is 0 Å². The molecule has 0 aromatic rings. The Kier molecular flexibility index (Phi) is 5.07. The van der Waals surface area contributed by atoms with Gasteiger partial charge in [0, 0.05) is 18.5 Å². The van der Waals surface area contributed by atoms with E-state index in [0.717, 1.165) is 13.2 Å². The van der Waals surface area contributed by atoms with E-state index in [1.54, 1.807) is 7.11 Å². The van der Waals surface area contributed by atoms with Crippen LogP contribution in [0.1, 0.15) is 26.2 Å². The third kappa shape index (κ3) is 3.84. The van der Waals surface area contributed by atoms with Crippen molar-refractivity contribution in [2.75, 3.05) is 20.3 Å². The average molecular weight is 206 g/mol. The lowest BCUT2D eigenvalue weighted by molar-refractivity contribution is 0.170. The first-order valence-corrected chi connectivity index (χ1v) is 5.54. The van der Waals surface area contributed by atoms with Crippen LogP contribution in [0.4, 0.5) is 0 Å². The summed E-state index contributed by atoms with van der Waals surface area (Å²) in [4.78, 5) is 0. The maximum atomic E-state index is 6.17. The summed E-state index contributed by atoms with van der Waals surface area (Å²) in [6.07, 6.45) is 3.76. The number of alkyl halides is 1. The zero-order valence-corrected chi connectivity index (χ0v) is 9.31. The fourth-order valence-corrected chi connectivity index (χ4v) is 2.25. The van der Waals surface area contributed by atoms with Crippen molar-refractivity contribution in [3.63, 3.8) is 0 Å². The lowest BCUT2D eigenvalue weighted by Gasteiger charge is -2.18. The van der Waals surface area contributed by atoms with Gasteiger partial charge in [0.15, 0.2) is 0 Å². The van der Waals surface area contributed by atoms with Crippen molar-refractivity contribution in [3.8, 4) is 0 Å². The second kappa shape index (κ2) is 5.84. The minimum atomic E-state index is 0.391. The zero-order valence-electron chi connectivity index (χ0n) is 8.55. The molecule has 0 saturated heterocycles. The third-order valence-corrected chi connectivity index (χ3v) is 3.29. The summed E-state index contributed by atoms with van der Waals surface area (Å²) >= 11 is 6.17. The molecule has 0 heterocycles. The molecular weight excluding hydrogens is 186 g/mol. The van der Waals surface area contributed by atoms with Crippen molar-refractivity contribution in [1.29, 1.82) is 0 Å². The van der Waals surface area contributed by atoms with E-state index in [2.05, 4.69) is 12.2 Å². The van der Waals surface area contributed by atoms with Crippen LogP contribution < -0.4 is 5.32 Å². The standard InChI is InChI=1S/C10H20ClNO/c1-8(7-13-2)12-6-9-4-3-5-10(9)11/h8-10,12H,3-7H2,1-2H3. The second-order valence-electron chi connectivity index (χ2n) is 3.97. The van der Waals surface area contributed by atoms with Gasteiger partial charge in [-0.05, 0) is 32.2 Å². The van der Waals surface area contributed by atoms with Gasteiger partial charge in [-0.3, -0.25) is 0 Å². The highest BCUT2D eigenvalue weighted by atomic mass is 35.5. The van der Waals surface area contributed by atoms with Crippen LogP contribution in [-0.4, -0.2) is 31.7 Å². The van der Waals surface area contributed by atoms with E-state index in [4.69, 9.17) is 16.3 Å². The molecule has 1 fully saturated rings. The highest BCUT2D eigenvalue weighted by Crippen LogP contribution is 2.29. The monoisotopic (exact) mass is 205 g/mol. The predicted octanol–water partition coefficient (Wildman–Crippen LogP) is 2.02. The first-order chi connectivity index (χ1) is 6.24. The van der Waals surface area contributed by atoms with Crippen LogP contribution in [0.2, 0.25) is 0 Å². The smallest absolute Gasteiger partial charge is 0.0613 e. The summed E-state index contributed by atoms with van der Waals surface area (Å²) in [5.41, 5.74) is 0. The lowest BCUT2D eigenvalue weighted by atomic mass is 10.1. The summed E-state index contributed by atoms with van der Waals surface area (Å²) in [6, 6.07) is 0.439. The van der Waals surface area contributed by atoms with E-state index in [1.165, 1.54) is 19.3 Å². The average Bonchev–Trinajstić information content (AvgIpc) is 2.48. The molecular formula is C10H20ClNO. The molecule has 1 aliphatic rings. The molecule has 0 aromatic heterocycles. The van der Waals surface area contributed by atoms with Gasteiger partial charge in [0.1, 0.15) is 0 Å². The molecule has 1 aliphatic carbocycles.